The first-order valence-corrected chi connectivity index (χ1v) is 6.04. The maximum absolute atomic E-state index is 11.8. The van der Waals surface area contributed by atoms with Gasteiger partial charge in [0.2, 0.25) is 11.8 Å². The first-order chi connectivity index (χ1) is 7.88. The van der Waals surface area contributed by atoms with Crippen molar-refractivity contribution >= 4 is 11.8 Å². The Hall–Kier alpha value is -1.10. The van der Waals surface area contributed by atoms with Gasteiger partial charge in [-0.2, -0.15) is 0 Å². The Bertz CT molecular complexity index is 254. The summed E-state index contributed by atoms with van der Waals surface area (Å²) < 4.78 is 0. The maximum atomic E-state index is 11.8. The van der Waals surface area contributed by atoms with Crippen molar-refractivity contribution in [2.24, 2.45) is 11.8 Å². The van der Waals surface area contributed by atoms with Crippen LogP contribution in [0.4, 0.5) is 0 Å². The van der Waals surface area contributed by atoms with Crippen LogP contribution in [-0.2, 0) is 9.59 Å². The number of nitrogens with zero attached hydrogens (tertiary/aromatic N) is 1. The van der Waals surface area contributed by atoms with Gasteiger partial charge in [0.15, 0.2) is 0 Å². The molecule has 0 rings (SSSR count). The fraction of sp³-hybridized carbons (Fsp3) is 0.833. The van der Waals surface area contributed by atoms with Crippen molar-refractivity contribution in [3.63, 3.8) is 0 Å². The molecule has 100 valence electrons. The third-order valence-electron chi connectivity index (χ3n) is 2.40. The third-order valence-corrected chi connectivity index (χ3v) is 2.40. The average molecular weight is 243 g/mol. The molecule has 1 atom stereocenters. The van der Waals surface area contributed by atoms with E-state index in [4.69, 9.17) is 0 Å². The van der Waals surface area contributed by atoms with Crippen molar-refractivity contribution in [3.8, 4) is 0 Å². The molecule has 0 aromatic heterocycles. The second kappa shape index (κ2) is 8.06. The van der Waals surface area contributed by atoms with Crippen LogP contribution in [0, 0.1) is 11.8 Å². The van der Waals surface area contributed by atoms with Gasteiger partial charge in [0, 0.05) is 26.1 Å². The fourth-order valence-electron chi connectivity index (χ4n) is 1.44. The number of carbonyl (C=O) groups is 2. The Labute approximate surface area is 104 Å². The van der Waals surface area contributed by atoms with Crippen LogP contribution in [0.3, 0.4) is 0 Å². The van der Waals surface area contributed by atoms with Gasteiger partial charge in [-0.15, -0.1) is 0 Å². The molecule has 17 heavy (non-hydrogen) atoms. The number of likely N-dealkylation sites (N-methyl/N-ethyl adjacent to an activating group) is 1. The van der Waals surface area contributed by atoms with Gasteiger partial charge in [-0.05, 0) is 13.0 Å². The molecule has 0 aliphatic heterocycles. The summed E-state index contributed by atoms with van der Waals surface area (Å²) in [7, 11) is 3.46. The van der Waals surface area contributed by atoms with Crippen LogP contribution in [0.15, 0.2) is 0 Å². The SMILES string of the molecule is CNCC(C)C(=O)N(C)CC(=O)NCC(C)C. The zero-order chi connectivity index (χ0) is 13.4. The lowest BCUT2D eigenvalue weighted by Crippen LogP contribution is -2.42. The van der Waals surface area contributed by atoms with E-state index in [2.05, 4.69) is 10.6 Å². The highest BCUT2D eigenvalue weighted by atomic mass is 16.2. The largest absolute Gasteiger partial charge is 0.354 e. The Kier molecular flexibility index (Phi) is 7.54. The van der Waals surface area contributed by atoms with Crippen LogP contribution in [0.25, 0.3) is 0 Å². The summed E-state index contributed by atoms with van der Waals surface area (Å²) in [5, 5.41) is 5.74. The van der Waals surface area contributed by atoms with E-state index in [-0.39, 0.29) is 24.3 Å². The molecule has 0 saturated carbocycles. The molecule has 1 unspecified atom stereocenters. The van der Waals surface area contributed by atoms with E-state index in [1.807, 2.05) is 20.8 Å². The van der Waals surface area contributed by atoms with E-state index in [0.29, 0.717) is 19.0 Å². The summed E-state index contributed by atoms with van der Waals surface area (Å²) in [4.78, 5) is 24.8. The molecule has 0 aromatic carbocycles. The van der Waals surface area contributed by atoms with Crippen LogP contribution in [0.1, 0.15) is 20.8 Å². The summed E-state index contributed by atoms with van der Waals surface area (Å²) in [6.45, 7) is 7.30. The number of hydrogen-bond acceptors (Lipinski definition) is 3. The van der Waals surface area contributed by atoms with Gasteiger partial charge in [0.05, 0.1) is 6.54 Å². The molecular formula is C12H25N3O2. The zero-order valence-electron chi connectivity index (χ0n) is 11.5. The van der Waals surface area contributed by atoms with Crippen molar-refractivity contribution in [2.75, 3.05) is 33.7 Å². The number of amides is 2. The van der Waals surface area contributed by atoms with Crippen LogP contribution in [0.5, 0.6) is 0 Å². The number of carbonyl (C=O) groups excluding carboxylic acids is 2. The molecule has 2 amide bonds. The normalized spacial score (nSPS) is 12.4. The van der Waals surface area contributed by atoms with Crippen LogP contribution < -0.4 is 10.6 Å². The quantitative estimate of drug-likeness (QED) is 0.665. The molecule has 0 heterocycles. The predicted molar refractivity (Wildman–Crippen MR) is 68.6 cm³/mol. The van der Waals surface area contributed by atoms with E-state index in [0.717, 1.165) is 0 Å². The van der Waals surface area contributed by atoms with E-state index in [9.17, 15) is 9.59 Å². The lowest BCUT2D eigenvalue weighted by Gasteiger charge is -2.21. The Morgan fingerprint density at radius 2 is 1.76 bits per heavy atom. The van der Waals surface area contributed by atoms with Crippen molar-refractivity contribution in [3.05, 3.63) is 0 Å². The minimum Gasteiger partial charge on any atom is -0.354 e. The van der Waals surface area contributed by atoms with Crippen molar-refractivity contribution in [1.29, 1.82) is 0 Å². The second-order valence-electron chi connectivity index (χ2n) is 4.85. The predicted octanol–water partition coefficient (Wildman–Crippen LogP) is 0.0725. The summed E-state index contributed by atoms with van der Waals surface area (Å²) in [5.41, 5.74) is 0. The van der Waals surface area contributed by atoms with Gasteiger partial charge in [-0.3, -0.25) is 9.59 Å². The first-order valence-electron chi connectivity index (χ1n) is 6.04. The maximum Gasteiger partial charge on any atom is 0.239 e. The fourth-order valence-corrected chi connectivity index (χ4v) is 1.44. The van der Waals surface area contributed by atoms with Crippen LogP contribution in [0.2, 0.25) is 0 Å². The molecule has 0 aliphatic rings. The lowest BCUT2D eigenvalue weighted by molar-refractivity contribution is -0.137. The highest BCUT2D eigenvalue weighted by Gasteiger charge is 2.18. The molecule has 5 nitrogen and oxygen atoms in total. The van der Waals surface area contributed by atoms with E-state index < -0.39 is 0 Å². The van der Waals surface area contributed by atoms with Crippen LogP contribution in [-0.4, -0.2) is 50.4 Å². The summed E-state index contributed by atoms with van der Waals surface area (Å²) >= 11 is 0. The van der Waals surface area contributed by atoms with Gasteiger partial charge in [0.1, 0.15) is 0 Å². The van der Waals surface area contributed by atoms with E-state index >= 15 is 0 Å². The second-order valence-corrected chi connectivity index (χ2v) is 4.85. The molecule has 0 fully saturated rings. The summed E-state index contributed by atoms with van der Waals surface area (Å²) in [6.07, 6.45) is 0. The Morgan fingerprint density at radius 1 is 1.18 bits per heavy atom. The van der Waals surface area contributed by atoms with Crippen LogP contribution >= 0.6 is 0 Å². The smallest absolute Gasteiger partial charge is 0.239 e. The molecule has 0 bridgehead atoms. The van der Waals surface area contributed by atoms with Gasteiger partial charge in [-0.1, -0.05) is 20.8 Å². The Morgan fingerprint density at radius 3 is 2.24 bits per heavy atom. The number of nitrogens with one attached hydrogen (secondary N) is 2. The van der Waals surface area contributed by atoms with Gasteiger partial charge in [0.25, 0.3) is 0 Å². The highest BCUT2D eigenvalue weighted by molar-refractivity contribution is 5.85. The van der Waals surface area contributed by atoms with Gasteiger partial charge in [-0.25, -0.2) is 0 Å². The first kappa shape index (κ1) is 15.9. The summed E-state index contributed by atoms with van der Waals surface area (Å²) in [5.74, 6) is 0.191. The molecule has 2 N–H and O–H groups in total. The summed E-state index contributed by atoms with van der Waals surface area (Å²) in [6, 6.07) is 0. The van der Waals surface area contributed by atoms with E-state index in [1.54, 1.807) is 14.1 Å². The molecule has 0 spiro atoms. The molecule has 5 heteroatoms. The van der Waals surface area contributed by atoms with E-state index in [1.165, 1.54) is 4.90 Å². The minimum absolute atomic E-state index is 0.0148. The number of rotatable bonds is 7. The Balaban J connectivity index is 4.02. The highest BCUT2D eigenvalue weighted by Crippen LogP contribution is 1.99. The monoisotopic (exact) mass is 243 g/mol. The molecule has 0 aromatic rings. The van der Waals surface area contributed by atoms with Gasteiger partial charge >= 0.3 is 0 Å². The average Bonchev–Trinajstić information content (AvgIpc) is 2.25. The molecule has 0 saturated heterocycles. The van der Waals surface area contributed by atoms with Crippen molar-refractivity contribution in [1.82, 2.24) is 15.5 Å². The minimum atomic E-state index is -0.108. The zero-order valence-corrected chi connectivity index (χ0v) is 11.5. The molecule has 0 radical (unpaired) electrons. The lowest BCUT2D eigenvalue weighted by atomic mass is 10.1. The molecular weight excluding hydrogens is 218 g/mol. The molecule has 0 aliphatic carbocycles. The standard InChI is InChI=1S/C12H25N3O2/c1-9(2)6-14-11(16)8-15(5)12(17)10(3)7-13-4/h9-10,13H,6-8H2,1-5H3,(H,14,16). The number of hydrogen-bond donors (Lipinski definition) is 2. The third kappa shape index (κ3) is 6.94. The van der Waals surface area contributed by atoms with Crippen molar-refractivity contribution < 1.29 is 9.59 Å². The van der Waals surface area contributed by atoms with Gasteiger partial charge < -0.3 is 15.5 Å². The topological polar surface area (TPSA) is 61.4 Å². The van der Waals surface area contributed by atoms with Crippen molar-refractivity contribution in [2.45, 2.75) is 20.8 Å².